The van der Waals surface area contributed by atoms with Crippen molar-refractivity contribution in [2.75, 3.05) is 11.4 Å². The van der Waals surface area contributed by atoms with Gasteiger partial charge in [0.25, 0.3) is 0 Å². The maximum absolute atomic E-state index is 12.8. The molecule has 0 saturated heterocycles. The summed E-state index contributed by atoms with van der Waals surface area (Å²) in [6, 6.07) is 12.4. The Kier molecular flexibility index (Phi) is 3.25. The molecule has 0 spiro atoms. The molecule has 0 heterocycles. The van der Waals surface area contributed by atoms with Crippen LogP contribution in [-0.2, 0) is 0 Å². The number of nitrogens with zero attached hydrogens (tertiary/aromatic N) is 2. The van der Waals surface area contributed by atoms with Gasteiger partial charge in [-0.3, -0.25) is 0 Å². The zero-order valence-corrected chi connectivity index (χ0v) is 11.2. The zero-order valence-electron chi connectivity index (χ0n) is 11.2. The molecule has 1 aliphatic carbocycles. The van der Waals surface area contributed by atoms with Gasteiger partial charge in [-0.25, -0.2) is 0 Å². The van der Waals surface area contributed by atoms with Crippen molar-refractivity contribution in [3.8, 4) is 6.07 Å². The van der Waals surface area contributed by atoms with Crippen LogP contribution in [0.4, 0.5) is 18.9 Å². The first-order valence-corrected chi connectivity index (χ1v) is 6.75. The van der Waals surface area contributed by atoms with Crippen LogP contribution in [0.15, 0.2) is 36.4 Å². The number of hydrogen-bond donors (Lipinski definition) is 0. The predicted octanol–water partition coefficient (Wildman–Crippen LogP) is 4.24. The quantitative estimate of drug-likeness (QED) is 0.845. The summed E-state index contributed by atoms with van der Waals surface area (Å²) in [6.07, 6.45) is -2.67. The third-order valence-electron chi connectivity index (χ3n) is 3.67. The molecule has 0 amide bonds. The average molecular weight is 290 g/mol. The lowest BCUT2D eigenvalue weighted by molar-refractivity contribution is -0.119. The second-order valence-corrected chi connectivity index (χ2v) is 5.26. The van der Waals surface area contributed by atoms with Gasteiger partial charge in [-0.1, -0.05) is 24.3 Å². The summed E-state index contributed by atoms with van der Waals surface area (Å²) in [5.74, 6) is 0. The Morgan fingerprint density at radius 1 is 1.10 bits per heavy atom. The fourth-order valence-electron chi connectivity index (χ4n) is 2.62. The normalized spacial score (nSPS) is 15.0. The highest BCUT2D eigenvalue weighted by Crippen LogP contribution is 2.38. The molecule has 0 atom stereocenters. The standard InChI is InChI=1S/C16H13F3N2/c17-16(18,19)10-21(12-6-7-12)15-8-5-11(9-20)13-3-1-2-4-14(13)15/h1-5,8,12H,6-7,10H2. The first-order chi connectivity index (χ1) is 9.99. The van der Waals surface area contributed by atoms with E-state index < -0.39 is 12.7 Å². The highest BCUT2D eigenvalue weighted by Gasteiger charge is 2.38. The summed E-state index contributed by atoms with van der Waals surface area (Å²) in [5.41, 5.74) is 1.04. The molecule has 0 aliphatic heterocycles. The van der Waals surface area contributed by atoms with E-state index in [-0.39, 0.29) is 6.04 Å². The lowest BCUT2D eigenvalue weighted by Gasteiger charge is -2.27. The van der Waals surface area contributed by atoms with Gasteiger partial charge >= 0.3 is 6.18 Å². The van der Waals surface area contributed by atoms with E-state index in [1.54, 1.807) is 36.4 Å². The van der Waals surface area contributed by atoms with Crippen molar-refractivity contribution in [2.24, 2.45) is 0 Å². The fraction of sp³-hybridized carbons (Fsp3) is 0.312. The van der Waals surface area contributed by atoms with E-state index in [1.165, 1.54) is 4.90 Å². The van der Waals surface area contributed by atoms with Crippen LogP contribution in [-0.4, -0.2) is 18.8 Å². The first-order valence-electron chi connectivity index (χ1n) is 6.75. The van der Waals surface area contributed by atoms with Gasteiger partial charge in [0.15, 0.2) is 0 Å². The molecular weight excluding hydrogens is 277 g/mol. The summed E-state index contributed by atoms with van der Waals surface area (Å²) in [7, 11) is 0. The minimum absolute atomic E-state index is 0.0528. The number of anilines is 1. The second-order valence-electron chi connectivity index (χ2n) is 5.26. The van der Waals surface area contributed by atoms with Gasteiger partial charge in [-0.15, -0.1) is 0 Å². The number of rotatable bonds is 3. The molecule has 108 valence electrons. The van der Waals surface area contributed by atoms with Crippen LogP contribution in [0.2, 0.25) is 0 Å². The van der Waals surface area contributed by atoms with Gasteiger partial charge in [0.05, 0.1) is 11.6 Å². The van der Waals surface area contributed by atoms with Crippen molar-refractivity contribution < 1.29 is 13.2 Å². The van der Waals surface area contributed by atoms with E-state index in [0.717, 1.165) is 12.8 Å². The van der Waals surface area contributed by atoms with E-state index in [0.29, 0.717) is 22.0 Å². The Morgan fingerprint density at radius 2 is 1.76 bits per heavy atom. The monoisotopic (exact) mass is 290 g/mol. The molecular formula is C16H13F3N2. The number of halogens is 3. The van der Waals surface area contributed by atoms with Crippen LogP contribution in [0.5, 0.6) is 0 Å². The molecule has 2 aromatic rings. The molecule has 0 unspecified atom stereocenters. The SMILES string of the molecule is N#Cc1ccc(N(CC(F)(F)F)C2CC2)c2ccccc12. The average Bonchev–Trinajstić information content (AvgIpc) is 3.27. The number of benzene rings is 2. The molecule has 2 aromatic carbocycles. The molecule has 1 saturated carbocycles. The van der Waals surface area contributed by atoms with E-state index in [1.807, 2.05) is 0 Å². The van der Waals surface area contributed by atoms with Crippen molar-refractivity contribution in [3.63, 3.8) is 0 Å². The van der Waals surface area contributed by atoms with Gasteiger partial charge in [-0.2, -0.15) is 18.4 Å². The fourth-order valence-corrected chi connectivity index (χ4v) is 2.62. The van der Waals surface area contributed by atoms with E-state index in [9.17, 15) is 13.2 Å². The summed E-state index contributed by atoms with van der Waals surface area (Å²) in [6.45, 7) is -0.951. The van der Waals surface area contributed by atoms with Crippen LogP contribution < -0.4 is 4.90 Å². The van der Waals surface area contributed by atoms with Gasteiger partial charge in [-0.05, 0) is 25.0 Å². The lowest BCUT2D eigenvalue weighted by Crippen LogP contribution is -2.36. The molecule has 1 aliphatic rings. The molecule has 1 fully saturated rings. The Bertz CT molecular complexity index is 712. The van der Waals surface area contributed by atoms with Gasteiger partial charge < -0.3 is 4.90 Å². The summed E-state index contributed by atoms with van der Waals surface area (Å²) >= 11 is 0. The number of fused-ring (bicyclic) bond motifs is 1. The minimum Gasteiger partial charge on any atom is -0.359 e. The third-order valence-corrected chi connectivity index (χ3v) is 3.67. The van der Waals surface area contributed by atoms with Crippen LogP contribution in [0, 0.1) is 11.3 Å². The first kappa shape index (κ1) is 13.7. The zero-order chi connectivity index (χ0) is 15.0. The summed E-state index contributed by atoms with van der Waals surface area (Å²) in [4.78, 5) is 1.42. The van der Waals surface area contributed by atoms with E-state index in [4.69, 9.17) is 5.26 Å². The van der Waals surface area contributed by atoms with Crippen molar-refractivity contribution >= 4 is 16.5 Å². The molecule has 0 N–H and O–H groups in total. The smallest absolute Gasteiger partial charge is 0.359 e. The van der Waals surface area contributed by atoms with Crippen molar-refractivity contribution in [1.29, 1.82) is 5.26 Å². The molecule has 2 nitrogen and oxygen atoms in total. The second kappa shape index (κ2) is 4.96. The van der Waals surface area contributed by atoms with E-state index >= 15 is 0 Å². The van der Waals surface area contributed by atoms with Gasteiger partial charge in [0.1, 0.15) is 6.54 Å². The molecule has 5 heteroatoms. The highest BCUT2D eigenvalue weighted by atomic mass is 19.4. The Labute approximate surface area is 120 Å². The molecule has 0 radical (unpaired) electrons. The van der Waals surface area contributed by atoms with Gasteiger partial charge in [0.2, 0.25) is 0 Å². The third kappa shape index (κ3) is 2.80. The number of nitriles is 1. The topological polar surface area (TPSA) is 27.0 Å². The highest BCUT2D eigenvalue weighted by molar-refractivity contribution is 5.98. The summed E-state index contributed by atoms with van der Waals surface area (Å²) < 4.78 is 38.5. The maximum atomic E-state index is 12.8. The Hall–Kier alpha value is -2.22. The van der Waals surface area contributed by atoms with E-state index in [2.05, 4.69) is 6.07 Å². The maximum Gasteiger partial charge on any atom is 0.405 e. The minimum atomic E-state index is -4.24. The van der Waals surface area contributed by atoms with Crippen molar-refractivity contribution in [2.45, 2.75) is 25.1 Å². The Balaban J connectivity index is 2.12. The molecule has 0 aromatic heterocycles. The Morgan fingerprint density at radius 3 is 2.33 bits per heavy atom. The summed E-state index contributed by atoms with van der Waals surface area (Å²) in [5, 5.41) is 10.5. The molecule has 21 heavy (non-hydrogen) atoms. The van der Waals surface area contributed by atoms with Crippen LogP contribution in [0.25, 0.3) is 10.8 Å². The lowest BCUT2D eigenvalue weighted by atomic mass is 10.0. The number of alkyl halides is 3. The van der Waals surface area contributed by atoms with Crippen LogP contribution in [0.3, 0.4) is 0 Å². The van der Waals surface area contributed by atoms with Crippen molar-refractivity contribution in [1.82, 2.24) is 0 Å². The van der Waals surface area contributed by atoms with Gasteiger partial charge in [0, 0.05) is 22.5 Å². The molecule has 3 rings (SSSR count). The van der Waals surface area contributed by atoms with Crippen LogP contribution >= 0.6 is 0 Å². The largest absolute Gasteiger partial charge is 0.405 e. The molecule has 0 bridgehead atoms. The predicted molar refractivity (Wildman–Crippen MR) is 75.1 cm³/mol. The van der Waals surface area contributed by atoms with Crippen LogP contribution in [0.1, 0.15) is 18.4 Å². The van der Waals surface area contributed by atoms with Crippen molar-refractivity contribution in [3.05, 3.63) is 42.0 Å². The number of hydrogen-bond acceptors (Lipinski definition) is 2.